The fourth-order valence-electron chi connectivity index (χ4n) is 1.98. The Morgan fingerprint density at radius 1 is 1.50 bits per heavy atom. The van der Waals surface area contributed by atoms with Gasteiger partial charge in [0, 0.05) is 19.8 Å². The Bertz CT molecular complexity index is 344. The van der Waals surface area contributed by atoms with Crippen molar-refractivity contribution in [1.82, 2.24) is 15.1 Å². The van der Waals surface area contributed by atoms with E-state index in [1.807, 2.05) is 4.68 Å². The van der Waals surface area contributed by atoms with Crippen LogP contribution in [0, 0.1) is 0 Å². The van der Waals surface area contributed by atoms with E-state index in [0.717, 1.165) is 30.1 Å². The van der Waals surface area contributed by atoms with Gasteiger partial charge in [0.2, 0.25) is 0 Å². The SMILES string of the molecule is CCCNC(CCOC)c1c(Cl)cnn1C(C)C. The number of ether oxygens (including phenoxy) is 1. The lowest BCUT2D eigenvalue weighted by Gasteiger charge is -2.22. The summed E-state index contributed by atoms with van der Waals surface area (Å²) in [4.78, 5) is 0. The maximum atomic E-state index is 6.28. The Morgan fingerprint density at radius 3 is 2.78 bits per heavy atom. The molecule has 1 heterocycles. The molecule has 0 saturated heterocycles. The van der Waals surface area contributed by atoms with E-state index in [1.54, 1.807) is 13.3 Å². The van der Waals surface area contributed by atoms with E-state index in [1.165, 1.54) is 0 Å². The molecule has 0 aliphatic carbocycles. The Balaban J connectivity index is 2.91. The summed E-state index contributed by atoms with van der Waals surface area (Å²) < 4.78 is 7.17. The van der Waals surface area contributed by atoms with E-state index in [2.05, 4.69) is 31.2 Å². The summed E-state index contributed by atoms with van der Waals surface area (Å²) in [6.07, 6.45) is 3.72. The van der Waals surface area contributed by atoms with Crippen LogP contribution in [0.3, 0.4) is 0 Å². The predicted octanol–water partition coefficient (Wildman–Crippen LogP) is 3.19. The van der Waals surface area contributed by atoms with Gasteiger partial charge < -0.3 is 10.1 Å². The topological polar surface area (TPSA) is 39.1 Å². The fraction of sp³-hybridized carbons (Fsp3) is 0.769. The molecule has 1 aromatic rings. The van der Waals surface area contributed by atoms with Gasteiger partial charge in [0.15, 0.2) is 0 Å². The minimum Gasteiger partial charge on any atom is -0.385 e. The van der Waals surface area contributed by atoms with Crippen molar-refractivity contribution in [3.05, 3.63) is 16.9 Å². The standard InChI is InChI=1S/C13H24ClN3O/c1-5-7-15-12(6-8-18-4)13-11(14)9-16-17(13)10(2)3/h9-10,12,15H,5-8H2,1-4H3. The Labute approximate surface area is 115 Å². The Hall–Kier alpha value is -0.580. The molecule has 104 valence electrons. The predicted molar refractivity (Wildman–Crippen MR) is 75.1 cm³/mol. The summed E-state index contributed by atoms with van der Waals surface area (Å²) in [6, 6.07) is 0.503. The van der Waals surface area contributed by atoms with E-state index in [9.17, 15) is 0 Å². The van der Waals surface area contributed by atoms with Crippen molar-refractivity contribution in [2.45, 2.75) is 45.7 Å². The lowest BCUT2D eigenvalue weighted by Crippen LogP contribution is -2.26. The van der Waals surface area contributed by atoms with Gasteiger partial charge in [-0.2, -0.15) is 5.10 Å². The minimum atomic E-state index is 0.197. The number of nitrogens with zero attached hydrogens (tertiary/aromatic N) is 2. The van der Waals surface area contributed by atoms with Crippen LogP contribution in [0.15, 0.2) is 6.20 Å². The van der Waals surface area contributed by atoms with Crippen molar-refractivity contribution in [1.29, 1.82) is 0 Å². The van der Waals surface area contributed by atoms with Crippen LogP contribution in [0.25, 0.3) is 0 Å². The van der Waals surface area contributed by atoms with Crippen molar-refractivity contribution < 1.29 is 4.74 Å². The molecule has 0 spiro atoms. The highest BCUT2D eigenvalue weighted by molar-refractivity contribution is 6.31. The third-order valence-electron chi connectivity index (χ3n) is 2.86. The molecule has 1 unspecified atom stereocenters. The number of aromatic nitrogens is 2. The molecule has 18 heavy (non-hydrogen) atoms. The monoisotopic (exact) mass is 273 g/mol. The first-order valence-corrected chi connectivity index (χ1v) is 6.94. The van der Waals surface area contributed by atoms with Gasteiger partial charge in [-0.15, -0.1) is 0 Å². The molecule has 0 amide bonds. The zero-order valence-corrected chi connectivity index (χ0v) is 12.5. The third-order valence-corrected chi connectivity index (χ3v) is 3.15. The maximum Gasteiger partial charge on any atom is 0.0834 e. The van der Waals surface area contributed by atoms with Crippen LogP contribution < -0.4 is 5.32 Å². The van der Waals surface area contributed by atoms with E-state index in [4.69, 9.17) is 16.3 Å². The van der Waals surface area contributed by atoms with Gasteiger partial charge >= 0.3 is 0 Å². The summed E-state index contributed by atoms with van der Waals surface area (Å²) >= 11 is 6.28. The maximum absolute atomic E-state index is 6.28. The third kappa shape index (κ3) is 3.97. The summed E-state index contributed by atoms with van der Waals surface area (Å²) in [5, 5.41) is 8.60. The molecule has 1 rings (SSSR count). The van der Waals surface area contributed by atoms with Gasteiger partial charge in [0.05, 0.1) is 23.0 Å². The highest BCUT2D eigenvalue weighted by Gasteiger charge is 2.20. The second-order valence-electron chi connectivity index (χ2n) is 4.70. The van der Waals surface area contributed by atoms with Crippen LogP contribution in [0.2, 0.25) is 5.02 Å². The molecule has 0 aliphatic heterocycles. The van der Waals surface area contributed by atoms with Gasteiger partial charge in [0.1, 0.15) is 0 Å². The lowest BCUT2D eigenvalue weighted by molar-refractivity contribution is 0.181. The molecule has 0 bridgehead atoms. The van der Waals surface area contributed by atoms with Crippen molar-refractivity contribution in [2.24, 2.45) is 0 Å². The molecular formula is C13H24ClN3O. The van der Waals surface area contributed by atoms with Gasteiger partial charge in [-0.25, -0.2) is 0 Å². The zero-order valence-electron chi connectivity index (χ0n) is 11.7. The molecule has 0 saturated carbocycles. The average molecular weight is 274 g/mol. The number of hydrogen-bond acceptors (Lipinski definition) is 3. The highest BCUT2D eigenvalue weighted by atomic mass is 35.5. The fourth-order valence-corrected chi connectivity index (χ4v) is 2.24. The first-order valence-electron chi connectivity index (χ1n) is 6.57. The summed E-state index contributed by atoms with van der Waals surface area (Å²) in [7, 11) is 1.72. The smallest absolute Gasteiger partial charge is 0.0834 e. The van der Waals surface area contributed by atoms with Gasteiger partial charge in [-0.3, -0.25) is 4.68 Å². The van der Waals surface area contributed by atoms with Crippen molar-refractivity contribution >= 4 is 11.6 Å². The minimum absolute atomic E-state index is 0.197. The molecule has 1 aromatic heterocycles. The summed E-state index contributed by atoms with van der Waals surface area (Å²) in [5.74, 6) is 0. The van der Waals surface area contributed by atoms with Crippen LogP contribution in [0.1, 0.15) is 51.4 Å². The highest BCUT2D eigenvalue weighted by Crippen LogP contribution is 2.27. The Kier molecular flexibility index (Phi) is 6.68. The van der Waals surface area contributed by atoms with Crippen LogP contribution in [-0.2, 0) is 4.74 Å². The number of halogens is 1. The summed E-state index contributed by atoms with van der Waals surface area (Å²) in [5.41, 5.74) is 1.07. The molecule has 1 atom stereocenters. The lowest BCUT2D eigenvalue weighted by atomic mass is 10.1. The van der Waals surface area contributed by atoms with E-state index >= 15 is 0 Å². The summed E-state index contributed by atoms with van der Waals surface area (Å²) in [6.45, 7) is 8.05. The normalized spacial score (nSPS) is 13.2. The molecule has 1 N–H and O–H groups in total. The Morgan fingerprint density at radius 2 is 2.22 bits per heavy atom. The second kappa shape index (κ2) is 7.77. The number of rotatable bonds is 8. The first-order chi connectivity index (χ1) is 8.61. The molecule has 0 aliphatic rings. The van der Waals surface area contributed by atoms with Crippen molar-refractivity contribution in [3.8, 4) is 0 Å². The molecule has 0 aromatic carbocycles. The van der Waals surface area contributed by atoms with E-state index < -0.39 is 0 Å². The first kappa shape index (κ1) is 15.5. The number of hydrogen-bond donors (Lipinski definition) is 1. The van der Waals surface area contributed by atoms with E-state index in [-0.39, 0.29) is 6.04 Å². The number of nitrogens with one attached hydrogen (secondary N) is 1. The molecule has 4 nitrogen and oxygen atoms in total. The average Bonchev–Trinajstić information content (AvgIpc) is 2.72. The van der Waals surface area contributed by atoms with Crippen LogP contribution in [0.4, 0.5) is 0 Å². The van der Waals surface area contributed by atoms with E-state index in [0.29, 0.717) is 12.6 Å². The quantitative estimate of drug-likeness (QED) is 0.791. The second-order valence-corrected chi connectivity index (χ2v) is 5.11. The zero-order chi connectivity index (χ0) is 13.5. The molecular weight excluding hydrogens is 250 g/mol. The largest absolute Gasteiger partial charge is 0.385 e. The molecule has 0 radical (unpaired) electrons. The van der Waals surface area contributed by atoms with Gasteiger partial charge in [-0.1, -0.05) is 18.5 Å². The van der Waals surface area contributed by atoms with Gasteiger partial charge in [0.25, 0.3) is 0 Å². The molecule has 0 fully saturated rings. The van der Waals surface area contributed by atoms with Crippen LogP contribution in [0.5, 0.6) is 0 Å². The van der Waals surface area contributed by atoms with Crippen LogP contribution >= 0.6 is 11.6 Å². The van der Waals surface area contributed by atoms with Crippen molar-refractivity contribution in [2.75, 3.05) is 20.3 Å². The van der Waals surface area contributed by atoms with Crippen molar-refractivity contribution in [3.63, 3.8) is 0 Å². The van der Waals surface area contributed by atoms with Gasteiger partial charge in [-0.05, 0) is 33.2 Å². The van der Waals surface area contributed by atoms with Crippen LogP contribution in [-0.4, -0.2) is 30.0 Å². The number of methoxy groups -OCH3 is 1. The molecule has 5 heteroatoms.